The predicted octanol–water partition coefficient (Wildman–Crippen LogP) is 4.03. The number of methoxy groups -OCH3 is 1. The first-order valence-corrected chi connectivity index (χ1v) is 7.95. The van der Waals surface area contributed by atoms with Crippen molar-refractivity contribution in [3.8, 4) is 0 Å². The Hall–Kier alpha value is -2.56. The van der Waals surface area contributed by atoms with Gasteiger partial charge in [0.2, 0.25) is 0 Å². The zero-order chi connectivity index (χ0) is 18.0. The maximum atomic E-state index is 12.7. The largest absolute Gasteiger partial charge is 0.465 e. The highest BCUT2D eigenvalue weighted by Crippen LogP contribution is 2.23. The number of aryl methyl sites for hydroxylation is 2. The van der Waals surface area contributed by atoms with Crippen LogP contribution in [0.1, 0.15) is 57.6 Å². The standard InChI is InChI=1S/C19H24N2O3/c1-11(2)21-13(4)9-16(14(21)5)18(22)20-17-10-15(19(23)24-6)8-7-12(17)3/h7-11H,1-6H3,(H,20,22). The van der Waals surface area contributed by atoms with Gasteiger partial charge in [-0.25, -0.2) is 4.79 Å². The lowest BCUT2D eigenvalue weighted by atomic mass is 10.1. The second-order valence-electron chi connectivity index (χ2n) is 6.22. The third-order valence-electron chi connectivity index (χ3n) is 4.15. The quantitative estimate of drug-likeness (QED) is 0.862. The SMILES string of the molecule is COC(=O)c1ccc(C)c(NC(=O)c2cc(C)n(C(C)C)c2C)c1. The van der Waals surface area contributed by atoms with Crippen molar-refractivity contribution in [2.45, 2.75) is 40.7 Å². The van der Waals surface area contributed by atoms with Crippen LogP contribution in [0.25, 0.3) is 0 Å². The van der Waals surface area contributed by atoms with E-state index in [1.807, 2.05) is 26.8 Å². The van der Waals surface area contributed by atoms with Gasteiger partial charge in [-0.3, -0.25) is 4.79 Å². The van der Waals surface area contributed by atoms with E-state index in [0.29, 0.717) is 16.8 Å². The number of esters is 1. The molecule has 5 nitrogen and oxygen atoms in total. The van der Waals surface area contributed by atoms with E-state index in [1.165, 1.54) is 7.11 Å². The summed E-state index contributed by atoms with van der Waals surface area (Å²) in [6.07, 6.45) is 0. The summed E-state index contributed by atoms with van der Waals surface area (Å²) in [5.74, 6) is -0.608. The number of nitrogens with zero attached hydrogens (tertiary/aromatic N) is 1. The van der Waals surface area contributed by atoms with Gasteiger partial charge in [0, 0.05) is 23.1 Å². The Morgan fingerprint density at radius 2 is 1.79 bits per heavy atom. The van der Waals surface area contributed by atoms with Crippen LogP contribution in [0.4, 0.5) is 5.69 Å². The molecule has 1 amide bonds. The van der Waals surface area contributed by atoms with Crippen molar-refractivity contribution in [1.29, 1.82) is 0 Å². The topological polar surface area (TPSA) is 60.3 Å². The molecule has 1 N–H and O–H groups in total. The second kappa shape index (κ2) is 6.91. The monoisotopic (exact) mass is 328 g/mol. The molecule has 128 valence electrons. The average molecular weight is 328 g/mol. The van der Waals surface area contributed by atoms with Crippen molar-refractivity contribution >= 4 is 17.6 Å². The Labute approximate surface area is 142 Å². The molecule has 0 aliphatic carbocycles. The molecule has 1 aromatic carbocycles. The maximum Gasteiger partial charge on any atom is 0.337 e. The van der Waals surface area contributed by atoms with E-state index in [9.17, 15) is 9.59 Å². The third-order valence-corrected chi connectivity index (χ3v) is 4.15. The number of amides is 1. The fourth-order valence-electron chi connectivity index (χ4n) is 2.99. The first-order chi connectivity index (χ1) is 11.3. The molecule has 0 fully saturated rings. The fraction of sp³-hybridized carbons (Fsp3) is 0.368. The summed E-state index contributed by atoms with van der Waals surface area (Å²) in [6, 6.07) is 7.29. The summed E-state index contributed by atoms with van der Waals surface area (Å²) in [5, 5.41) is 2.91. The van der Waals surface area contributed by atoms with E-state index in [1.54, 1.807) is 18.2 Å². The minimum Gasteiger partial charge on any atom is -0.465 e. The molecule has 5 heteroatoms. The number of benzene rings is 1. The smallest absolute Gasteiger partial charge is 0.337 e. The fourth-order valence-corrected chi connectivity index (χ4v) is 2.99. The number of ether oxygens (including phenoxy) is 1. The van der Waals surface area contributed by atoms with Gasteiger partial charge in [0.15, 0.2) is 0 Å². The van der Waals surface area contributed by atoms with Gasteiger partial charge < -0.3 is 14.6 Å². The molecule has 2 rings (SSSR count). The molecule has 0 spiro atoms. The number of rotatable bonds is 4. The van der Waals surface area contributed by atoms with Gasteiger partial charge in [-0.15, -0.1) is 0 Å². The van der Waals surface area contributed by atoms with Crippen LogP contribution in [0, 0.1) is 20.8 Å². The minimum atomic E-state index is -0.427. The van der Waals surface area contributed by atoms with Crippen LogP contribution in [-0.4, -0.2) is 23.6 Å². The first kappa shape index (κ1) is 17.8. The molecule has 0 saturated carbocycles. The van der Waals surface area contributed by atoms with Gasteiger partial charge in [0.25, 0.3) is 5.91 Å². The molecule has 0 atom stereocenters. The second-order valence-corrected chi connectivity index (χ2v) is 6.22. The molecule has 0 bridgehead atoms. The van der Waals surface area contributed by atoms with Crippen LogP contribution in [0.15, 0.2) is 24.3 Å². The minimum absolute atomic E-state index is 0.180. The number of nitrogens with one attached hydrogen (secondary N) is 1. The summed E-state index contributed by atoms with van der Waals surface area (Å²) in [7, 11) is 1.33. The van der Waals surface area contributed by atoms with Crippen molar-refractivity contribution in [3.63, 3.8) is 0 Å². The van der Waals surface area contributed by atoms with Crippen LogP contribution in [0.2, 0.25) is 0 Å². The van der Waals surface area contributed by atoms with Gasteiger partial charge in [-0.2, -0.15) is 0 Å². The average Bonchev–Trinajstić information content (AvgIpc) is 2.83. The molecular weight excluding hydrogens is 304 g/mol. The highest BCUT2D eigenvalue weighted by atomic mass is 16.5. The van der Waals surface area contributed by atoms with E-state index in [2.05, 4.69) is 23.7 Å². The van der Waals surface area contributed by atoms with Crippen LogP contribution < -0.4 is 5.32 Å². The van der Waals surface area contributed by atoms with Crippen LogP contribution in [0.3, 0.4) is 0 Å². The molecule has 0 unspecified atom stereocenters. The Morgan fingerprint density at radius 3 is 2.33 bits per heavy atom. The van der Waals surface area contributed by atoms with E-state index >= 15 is 0 Å². The van der Waals surface area contributed by atoms with Gasteiger partial charge in [0.05, 0.1) is 18.2 Å². The third kappa shape index (κ3) is 3.35. The Kier molecular flexibility index (Phi) is 5.12. The summed E-state index contributed by atoms with van der Waals surface area (Å²) in [5.41, 5.74) is 4.52. The summed E-state index contributed by atoms with van der Waals surface area (Å²) < 4.78 is 6.86. The van der Waals surface area contributed by atoms with Crippen molar-refractivity contribution in [1.82, 2.24) is 4.57 Å². The number of anilines is 1. The van der Waals surface area contributed by atoms with Crippen LogP contribution in [0.5, 0.6) is 0 Å². The van der Waals surface area contributed by atoms with E-state index in [4.69, 9.17) is 4.74 Å². The number of hydrogen-bond donors (Lipinski definition) is 1. The predicted molar refractivity (Wildman–Crippen MR) is 94.8 cm³/mol. The van der Waals surface area contributed by atoms with Crippen molar-refractivity contribution in [2.24, 2.45) is 0 Å². The summed E-state index contributed by atoms with van der Waals surface area (Å²) >= 11 is 0. The lowest BCUT2D eigenvalue weighted by molar-refractivity contribution is 0.0600. The van der Waals surface area contributed by atoms with E-state index in [0.717, 1.165) is 17.0 Å². The zero-order valence-corrected chi connectivity index (χ0v) is 15.1. The van der Waals surface area contributed by atoms with Gasteiger partial charge in [0.1, 0.15) is 0 Å². The molecule has 1 aromatic heterocycles. The van der Waals surface area contributed by atoms with Crippen molar-refractivity contribution in [3.05, 3.63) is 52.3 Å². The molecule has 0 saturated heterocycles. The molecule has 1 heterocycles. The molecule has 24 heavy (non-hydrogen) atoms. The molecule has 0 radical (unpaired) electrons. The first-order valence-electron chi connectivity index (χ1n) is 7.95. The number of carbonyl (C=O) groups is 2. The number of carbonyl (C=O) groups excluding carboxylic acids is 2. The lowest BCUT2D eigenvalue weighted by Gasteiger charge is -2.14. The zero-order valence-electron chi connectivity index (χ0n) is 15.1. The number of aromatic nitrogens is 1. The van der Waals surface area contributed by atoms with Gasteiger partial charge in [-0.1, -0.05) is 6.07 Å². The molecule has 2 aromatic rings. The van der Waals surface area contributed by atoms with Gasteiger partial charge >= 0.3 is 5.97 Å². The highest BCUT2D eigenvalue weighted by Gasteiger charge is 2.18. The van der Waals surface area contributed by atoms with Crippen molar-refractivity contribution < 1.29 is 14.3 Å². The summed E-state index contributed by atoms with van der Waals surface area (Å²) in [6.45, 7) is 10.00. The molecular formula is C19H24N2O3. The van der Waals surface area contributed by atoms with Crippen LogP contribution >= 0.6 is 0 Å². The van der Waals surface area contributed by atoms with Crippen LogP contribution in [-0.2, 0) is 4.74 Å². The Morgan fingerprint density at radius 1 is 1.12 bits per heavy atom. The Bertz CT molecular complexity index is 788. The van der Waals surface area contributed by atoms with Crippen molar-refractivity contribution in [2.75, 3.05) is 12.4 Å². The summed E-state index contributed by atoms with van der Waals surface area (Å²) in [4.78, 5) is 24.4. The van der Waals surface area contributed by atoms with E-state index in [-0.39, 0.29) is 11.9 Å². The molecule has 0 aliphatic rings. The highest BCUT2D eigenvalue weighted by molar-refractivity contribution is 6.06. The normalized spacial score (nSPS) is 10.8. The lowest BCUT2D eigenvalue weighted by Crippen LogP contribution is -2.15. The number of hydrogen-bond acceptors (Lipinski definition) is 3. The molecule has 0 aliphatic heterocycles. The van der Waals surface area contributed by atoms with E-state index < -0.39 is 5.97 Å². The Balaban J connectivity index is 2.34. The van der Waals surface area contributed by atoms with Gasteiger partial charge in [-0.05, 0) is 58.4 Å². The maximum absolute atomic E-state index is 12.7.